The number of aromatic nitrogens is 2. The molecule has 4 rings (SSSR count). The van der Waals surface area contributed by atoms with Crippen molar-refractivity contribution < 1.29 is 27.4 Å². The van der Waals surface area contributed by atoms with Crippen LogP contribution in [0, 0.1) is 0 Å². The van der Waals surface area contributed by atoms with Crippen molar-refractivity contribution in [2.75, 3.05) is 31.7 Å². The number of anilines is 1. The number of rotatable bonds is 6. The lowest BCUT2D eigenvalue weighted by Gasteiger charge is -2.26. The number of carbonyl (C=O) groups excluding carboxylic acids is 1. The van der Waals surface area contributed by atoms with Crippen LogP contribution in [0.1, 0.15) is 15.9 Å². The van der Waals surface area contributed by atoms with Crippen molar-refractivity contribution in [3.05, 3.63) is 64.9 Å². The highest BCUT2D eigenvalue weighted by Crippen LogP contribution is 2.32. The highest BCUT2D eigenvalue weighted by Gasteiger charge is 2.29. The summed E-state index contributed by atoms with van der Waals surface area (Å²) < 4.78 is 48.6. The molecule has 0 fully saturated rings. The maximum atomic E-state index is 12.9. The molecule has 0 amide bonds. The van der Waals surface area contributed by atoms with Gasteiger partial charge >= 0.3 is 6.18 Å². The Hall–Kier alpha value is -3.33. The molecule has 0 saturated heterocycles. The quantitative estimate of drug-likeness (QED) is 0.466. The van der Waals surface area contributed by atoms with Gasteiger partial charge in [0, 0.05) is 42.0 Å². The maximum absolute atomic E-state index is 12.9. The molecule has 0 N–H and O–H groups in total. The normalized spacial score (nSPS) is 13.3. The molecule has 0 bridgehead atoms. The molecule has 33 heavy (non-hydrogen) atoms. The number of hydrogen-bond donors (Lipinski definition) is 0. The summed E-state index contributed by atoms with van der Waals surface area (Å²) >= 11 is 5.93. The van der Waals surface area contributed by atoms with E-state index >= 15 is 0 Å². The Morgan fingerprint density at radius 2 is 1.94 bits per heavy atom. The van der Waals surface area contributed by atoms with Gasteiger partial charge in [0.1, 0.15) is 6.61 Å². The Bertz CT molecular complexity index is 1170. The van der Waals surface area contributed by atoms with Crippen LogP contribution in [0.4, 0.5) is 19.0 Å². The SMILES string of the molecule is CN1CCOc2cc(C(=O)Cc3cnc(OCC(F)(F)F)c(-c4ccc(Cl)cc4)c3)cnc21. The molecule has 2 aromatic heterocycles. The monoisotopic (exact) mass is 477 g/mol. The number of ketones is 1. The van der Waals surface area contributed by atoms with Gasteiger partial charge in [0.2, 0.25) is 5.88 Å². The van der Waals surface area contributed by atoms with Gasteiger partial charge in [-0.1, -0.05) is 23.7 Å². The smallest absolute Gasteiger partial charge is 0.422 e. The molecule has 1 aliphatic heterocycles. The first-order valence-corrected chi connectivity index (χ1v) is 10.4. The van der Waals surface area contributed by atoms with Crippen LogP contribution in [-0.2, 0) is 6.42 Å². The average Bonchev–Trinajstić information content (AvgIpc) is 2.78. The number of benzene rings is 1. The van der Waals surface area contributed by atoms with E-state index in [4.69, 9.17) is 21.1 Å². The molecule has 0 atom stereocenters. The summed E-state index contributed by atoms with van der Waals surface area (Å²) in [7, 11) is 1.89. The predicted octanol–water partition coefficient (Wildman–Crippen LogP) is 4.99. The van der Waals surface area contributed by atoms with Crippen LogP contribution in [0.2, 0.25) is 5.02 Å². The standard InChI is InChI=1S/C23H19ClF3N3O3/c1-30-6-7-32-20-10-16(12-28-21(20)30)19(31)9-14-8-18(15-2-4-17(24)5-3-15)22(29-11-14)33-13-23(25,26)27/h2-5,8,10-12H,6-7,9,13H2,1H3. The topological polar surface area (TPSA) is 64.5 Å². The molecule has 0 radical (unpaired) electrons. The van der Waals surface area contributed by atoms with Gasteiger partial charge in [-0.05, 0) is 35.4 Å². The average molecular weight is 478 g/mol. The lowest BCUT2D eigenvalue weighted by molar-refractivity contribution is -0.154. The molecular weight excluding hydrogens is 459 g/mol. The number of likely N-dealkylation sites (N-methyl/N-ethyl adjacent to an activating group) is 1. The number of halogens is 4. The van der Waals surface area contributed by atoms with Crippen molar-refractivity contribution >= 4 is 23.2 Å². The van der Waals surface area contributed by atoms with E-state index in [2.05, 4.69) is 9.97 Å². The number of fused-ring (bicyclic) bond motifs is 1. The van der Waals surface area contributed by atoms with Crippen molar-refractivity contribution in [3.63, 3.8) is 0 Å². The van der Waals surface area contributed by atoms with E-state index in [0.29, 0.717) is 52.0 Å². The van der Waals surface area contributed by atoms with Crippen molar-refractivity contribution in [3.8, 4) is 22.8 Å². The van der Waals surface area contributed by atoms with Crippen LogP contribution in [0.3, 0.4) is 0 Å². The fraction of sp³-hybridized carbons (Fsp3) is 0.261. The summed E-state index contributed by atoms with van der Waals surface area (Å²) in [5.74, 6) is 0.786. The second kappa shape index (κ2) is 9.27. The van der Waals surface area contributed by atoms with E-state index in [9.17, 15) is 18.0 Å². The molecule has 10 heteroatoms. The highest BCUT2D eigenvalue weighted by atomic mass is 35.5. The third kappa shape index (κ3) is 5.54. The van der Waals surface area contributed by atoms with Gasteiger partial charge in [0.25, 0.3) is 0 Å². The van der Waals surface area contributed by atoms with Gasteiger partial charge in [0.05, 0.1) is 6.54 Å². The molecule has 1 aliphatic rings. The van der Waals surface area contributed by atoms with Crippen molar-refractivity contribution in [1.82, 2.24) is 9.97 Å². The van der Waals surface area contributed by atoms with Crippen LogP contribution < -0.4 is 14.4 Å². The van der Waals surface area contributed by atoms with E-state index in [-0.39, 0.29) is 18.1 Å². The van der Waals surface area contributed by atoms with E-state index in [0.717, 1.165) is 0 Å². The molecular formula is C23H19ClF3N3O3. The number of hydrogen-bond acceptors (Lipinski definition) is 6. The summed E-state index contributed by atoms with van der Waals surface area (Å²) in [5.41, 5.74) is 1.77. The third-order valence-electron chi connectivity index (χ3n) is 5.00. The Morgan fingerprint density at radius 1 is 1.18 bits per heavy atom. The Balaban J connectivity index is 1.60. The largest absolute Gasteiger partial charge is 0.488 e. The molecule has 0 spiro atoms. The van der Waals surface area contributed by atoms with Crippen LogP contribution in [0.15, 0.2) is 48.8 Å². The zero-order valence-corrected chi connectivity index (χ0v) is 18.3. The maximum Gasteiger partial charge on any atom is 0.422 e. The van der Waals surface area contributed by atoms with E-state index in [1.165, 1.54) is 12.4 Å². The summed E-state index contributed by atoms with van der Waals surface area (Å²) in [6.45, 7) is -0.278. The number of nitrogens with zero attached hydrogens (tertiary/aromatic N) is 3. The number of alkyl halides is 3. The van der Waals surface area contributed by atoms with Crippen LogP contribution in [0.25, 0.3) is 11.1 Å². The highest BCUT2D eigenvalue weighted by molar-refractivity contribution is 6.30. The second-order valence-corrected chi connectivity index (χ2v) is 7.96. The third-order valence-corrected chi connectivity index (χ3v) is 5.25. The van der Waals surface area contributed by atoms with Gasteiger partial charge < -0.3 is 14.4 Å². The molecule has 0 unspecified atom stereocenters. The number of pyridine rings is 2. The number of carbonyl (C=O) groups is 1. The lowest BCUT2D eigenvalue weighted by Crippen LogP contribution is -2.29. The van der Waals surface area contributed by atoms with Crippen LogP contribution >= 0.6 is 11.6 Å². The van der Waals surface area contributed by atoms with Gasteiger partial charge in [-0.2, -0.15) is 13.2 Å². The second-order valence-electron chi connectivity index (χ2n) is 7.52. The van der Waals surface area contributed by atoms with Gasteiger partial charge in [0.15, 0.2) is 24.0 Å². The molecule has 0 saturated carbocycles. The summed E-state index contributed by atoms with van der Waals surface area (Å²) in [6, 6.07) is 9.75. The van der Waals surface area contributed by atoms with Gasteiger partial charge in [-0.3, -0.25) is 4.79 Å². The van der Waals surface area contributed by atoms with E-state index in [1.807, 2.05) is 11.9 Å². The van der Waals surface area contributed by atoms with Crippen LogP contribution in [-0.4, -0.2) is 48.7 Å². The van der Waals surface area contributed by atoms with E-state index < -0.39 is 12.8 Å². The minimum Gasteiger partial charge on any atom is -0.488 e. The summed E-state index contributed by atoms with van der Waals surface area (Å²) in [6.07, 6.45) is -1.72. The summed E-state index contributed by atoms with van der Waals surface area (Å²) in [4.78, 5) is 23.2. The Kier molecular flexibility index (Phi) is 6.42. The zero-order chi connectivity index (χ0) is 23.6. The fourth-order valence-electron chi connectivity index (χ4n) is 3.36. The van der Waals surface area contributed by atoms with Crippen LogP contribution in [0.5, 0.6) is 11.6 Å². The minimum atomic E-state index is -4.51. The van der Waals surface area contributed by atoms with Gasteiger partial charge in [-0.25, -0.2) is 9.97 Å². The molecule has 172 valence electrons. The molecule has 1 aromatic carbocycles. The molecule has 3 aromatic rings. The number of Topliss-reactive ketones (excluding diaryl/α,β-unsaturated/α-hetero) is 1. The summed E-state index contributed by atoms with van der Waals surface area (Å²) in [5, 5.41) is 0.476. The molecule has 6 nitrogen and oxygen atoms in total. The zero-order valence-electron chi connectivity index (χ0n) is 17.5. The molecule has 3 heterocycles. The minimum absolute atomic E-state index is 0.0244. The molecule has 0 aliphatic carbocycles. The first-order valence-electron chi connectivity index (χ1n) is 10.0. The van der Waals surface area contributed by atoms with Crippen molar-refractivity contribution in [2.45, 2.75) is 12.6 Å². The van der Waals surface area contributed by atoms with Crippen molar-refractivity contribution in [2.24, 2.45) is 0 Å². The van der Waals surface area contributed by atoms with Crippen molar-refractivity contribution in [1.29, 1.82) is 0 Å². The Morgan fingerprint density at radius 3 is 2.67 bits per heavy atom. The number of ether oxygens (including phenoxy) is 2. The lowest BCUT2D eigenvalue weighted by atomic mass is 10.0. The fourth-order valence-corrected chi connectivity index (χ4v) is 3.49. The Labute approximate surface area is 192 Å². The first-order chi connectivity index (χ1) is 15.7. The van der Waals surface area contributed by atoms with E-state index in [1.54, 1.807) is 36.4 Å². The first kappa shape index (κ1) is 22.8. The predicted molar refractivity (Wildman–Crippen MR) is 117 cm³/mol. The van der Waals surface area contributed by atoms with Gasteiger partial charge in [-0.15, -0.1) is 0 Å².